The van der Waals surface area contributed by atoms with E-state index in [1.54, 1.807) is 0 Å². The minimum atomic E-state index is 0.456. The van der Waals surface area contributed by atoms with Gasteiger partial charge in [-0.05, 0) is 31.1 Å². The Labute approximate surface area is 81.7 Å². The maximum Gasteiger partial charge on any atom is 0.0364 e. The summed E-state index contributed by atoms with van der Waals surface area (Å²) in [7, 11) is 0. The Kier molecular flexibility index (Phi) is 4.42. The van der Waals surface area contributed by atoms with Crippen LogP contribution in [0.15, 0.2) is 0 Å². The molecule has 0 aromatic rings. The van der Waals surface area contributed by atoms with Crippen molar-refractivity contribution >= 4 is 11.6 Å². The predicted molar refractivity (Wildman–Crippen MR) is 55.7 cm³/mol. The van der Waals surface area contributed by atoms with Crippen molar-refractivity contribution in [2.75, 3.05) is 0 Å². The third kappa shape index (κ3) is 2.97. The fraction of sp³-hybridized carbons (Fsp3) is 1.00. The first kappa shape index (κ1) is 10.4. The molecule has 1 heteroatoms. The molecule has 0 bridgehead atoms. The summed E-state index contributed by atoms with van der Waals surface area (Å²) in [5, 5.41) is 0.456. The molecule has 0 aliphatic heterocycles. The molecule has 0 spiro atoms. The van der Waals surface area contributed by atoms with Crippen molar-refractivity contribution in [1.82, 2.24) is 0 Å². The topological polar surface area (TPSA) is 0 Å². The summed E-state index contributed by atoms with van der Waals surface area (Å²) in [6.07, 6.45) is 8.01. The van der Waals surface area contributed by atoms with Gasteiger partial charge in [0.05, 0.1) is 0 Å². The monoisotopic (exact) mass is 188 g/mol. The first-order valence-electron chi connectivity index (χ1n) is 5.38. The highest BCUT2D eigenvalue weighted by atomic mass is 35.5. The van der Waals surface area contributed by atoms with Gasteiger partial charge in [0.1, 0.15) is 0 Å². The van der Waals surface area contributed by atoms with Crippen molar-refractivity contribution in [3.63, 3.8) is 0 Å². The summed E-state index contributed by atoms with van der Waals surface area (Å²) in [6, 6.07) is 0. The Balaban J connectivity index is 2.29. The van der Waals surface area contributed by atoms with E-state index >= 15 is 0 Å². The molecule has 0 aromatic carbocycles. The Morgan fingerprint density at radius 3 is 2.75 bits per heavy atom. The third-order valence-corrected chi connectivity index (χ3v) is 3.63. The molecular formula is C11H21Cl. The van der Waals surface area contributed by atoms with Gasteiger partial charge >= 0.3 is 0 Å². The maximum atomic E-state index is 6.33. The van der Waals surface area contributed by atoms with Gasteiger partial charge in [-0.3, -0.25) is 0 Å². The Bertz CT molecular complexity index is 122. The number of alkyl halides is 1. The fourth-order valence-corrected chi connectivity index (χ4v) is 2.77. The zero-order valence-electron chi connectivity index (χ0n) is 8.35. The lowest BCUT2D eigenvalue weighted by molar-refractivity contribution is 0.269. The van der Waals surface area contributed by atoms with Gasteiger partial charge in [0.2, 0.25) is 0 Å². The van der Waals surface area contributed by atoms with Crippen molar-refractivity contribution in [2.24, 2.45) is 11.8 Å². The Hall–Kier alpha value is 0.290. The highest BCUT2D eigenvalue weighted by molar-refractivity contribution is 6.20. The average Bonchev–Trinajstić information content (AvgIpc) is 2.05. The molecule has 0 N–H and O–H groups in total. The second-order valence-corrected chi connectivity index (χ2v) is 4.90. The molecule has 72 valence electrons. The van der Waals surface area contributed by atoms with E-state index in [9.17, 15) is 0 Å². The van der Waals surface area contributed by atoms with Crippen molar-refractivity contribution < 1.29 is 0 Å². The van der Waals surface area contributed by atoms with Gasteiger partial charge in [0.25, 0.3) is 0 Å². The van der Waals surface area contributed by atoms with E-state index in [0.717, 1.165) is 11.8 Å². The number of rotatable bonds is 3. The average molecular weight is 189 g/mol. The molecule has 3 atom stereocenters. The molecule has 1 aliphatic rings. The first-order chi connectivity index (χ1) is 5.74. The van der Waals surface area contributed by atoms with Crippen LogP contribution in [-0.2, 0) is 0 Å². The van der Waals surface area contributed by atoms with E-state index in [2.05, 4.69) is 13.8 Å². The van der Waals surface area contributed by atoms with Crippen LogP contribution in [0.1, 0.15) is 52.4 Å². The smallest absolute Gasteiger partial charge is 0.0364 e. The van der Waals surface area contributed by atoms with E-state index in [1.807, 2.05) is 0 Å². The summed E-state index contributed by atoms with van der Waals surface area (Å²) in [4.78, 5) is 0. The quantitative estimate of drug-likeness (QED) is 0.582. The highest BCUT2D eigenvalue weighted by Crippen LogP contribution is 2.34. The summed E-state index contributed by atoms with van der Waals surface area (Å²) in [5.41, 5.74) is 0. The zero-order valence-corrected chi connectivity index (χ0v) is 9.11. The molecular weight excluding hydrogens is 168 g/mol. The molecule has 0 amide bonds. The first-order valence-corrected chi connectivity index (χ1v) is 5.81. The molecule has 0 nitrogen and oxygen atoms in total. The third-order valence-electron chi connectivity index (χ3n) is 3.05. The molecule has 1 rings (SSSR count). The fourth-order valence-electron chi connectivity index (χ4n) is 2.32. The van der Waals surface area contributed by atoms with Crippen LogP contribution in [0.5, 0.6) is 0 Å². The van der Waals surface area contributed by atoms with E-state index in [0.29, 0.717) is 5.38 Å². The molecule has 12 heavy (non-hydrogen) atoms. The molecule has 1 aliphatic carbocycles. The Morgan fingerprint density at radius 2 is 2.17 bits per heavy atom. The van der Waals surface area contributed by atoms with Crippen LogP contribution < -0.4 is 0 Å². The van der Waals surface area contributed by atoms with Gasteiger partial charge in [-0.2, -0.15) is 0 Å². The summed E-state index contributed by atoms with van der Waals surface area (Å²) in [5.74, 6) is 1.73. The van der Waals surface area contributed by atoms with Gasteiger partial charge in [-0.1, -0.05) is 33.1 Å². The van der Waals surface area contributed by atoms with Gasteiger partial charge in [0, 0.05) is 5.38 Å². The van der Waals surface area contributed by atoms with E-state index in [1.165, 1.54) is 38.5 Å². The van der Waals surface area contributed by atoms with E-state index in [-0.39, 0.29) is 0 Å². The van der Waals surface area contributed by atoms with Crippen LogP contribution in [0.4, 0.5) is 0 Å². The largest absolute Gasteiger partial charge is 0.123 e. The van der Waals surface area contributed by atoms with Crippen LogP contribution in [0.2, 0.25) is 0 Å². The van der Waals surface area contributed by atoms with Crippen LogP contribution in [0.3, 0.4) is 0 Å². The lowest BCUT2D eigenvalue weighted by Gasteiger charge is -2.29. The van der Waals surface area contributed by atoms with Gasteiger partial charge in [-0.25, -0.2) is 0 Å². The maximum absolute atomic E-state index is 6.33. The number of hydrogen-bond donors (Lipinski definition) is 0. The zero-order chi connectivity index (χ0) is 8.97. The van der Waals surface area contributed by atoms with Crippen molar-refractivity contribution in [2.45, 2.75) is 57.7 Å². The van der Waals surface area contributed by atoms with Crippen LogP contribution in [0.25, 0.3) is 0 Å². The SMILES string of the molecule is CCCC(Cl)C1CCCC(C)C1. The molecule has 0 heterocycles. The summed E-state index contributed by atoms with van der Waals surface area (Å²) < 4.78 is 0. The van der Waals surface area contributed by atoms with Crippen molar-refractivity contribution in [3.8, 4) is 0 Å². The van der Waals surface area contributed by atoms with Crippen LogP contribution in [-0.4, -0.2) is 5.38 Å². The lowest BCUT2D eigenvalue weighted by Crippen LogP contribution is -2.21. The Morgan fingerprint density at radius 1 is 1.42 bits per heavy atom. The van der Waals surface area contributed by atoms with Crippen molar-refractivity contribution in [1.29, 1.82) is 0 Å². The second kappa shape index (κ2) is 5.11. The van der Waals surface area contributed by atoms with Crippen molar-refractivity contribution in [3.05, 3.63) is 0 Å². The number of hydrogen-bond acceptors (Lipinski definition) is 0. The lowest BCUT2D eigenvalue weighted by atomic mass is 9.80. The van der Waals surface area contributed by atoms with E-state index in [4.69, 9.17) is 11.6 Å². The molecule has 3 unspecified atom stereocenters. The summed E-state index contributed by atoms with van der Waals surface area (Å²) in [6.45, 7) is 4.59. The normalized spacial score (nSPS) is 33.2. The van der Waals surface area contributed by atoms with Crippen LogP contribution >= 0.6 is 11.6 Å². The molecule has 0 radical (unpaired) electrons. The van der Waals surface area contributed by atoms with Gasteiger partial charge in [0.15, 0.2) is 0 Å². The van der Waals surface area contributed by atoms with Gasteiger partial charge < -0.3 is 0 Å². The number of halogens is 1. The van der Waals surface area contributed by atoms with E-state index < -0.39 is 0 Å². The van der Waals surface area contributed by atoms with Gasteiger partial charge in [-0.15, -0.1) is 11.6 Å². The predicted octanol–water partition coefficient (Wildman–Crippen LogP) is 4.22. The summed E-state index contributed by atoms with van der Waals surface area (Å²) >= 11 is 6.33. The minimum absolute atomic E-state index is 0.456. The molecule has 0 saturated heterocycles. The minimum Gasteiger partial charge on any atom is -0.123 e. The van der Waals surface area contributed by atoms with Crippen LogP contribution in [0, 0.1) is 11.8 Å². The molecule has 1 saturated carbocycles. The highest BCUT2D eigenvalue weighted by Gasteiger charge is 2.24. The molecule has 1 fully saturated rings. The molecule has 0 aromatic heterocycles. The second-order valence-electron chi connectivity index (χ2n) is 4.34. The standard InChI is InChI=1S/C11H21Cl/c1-3-5-11(12)10-7-4-6-9(2)8-10/h9-11H,3-8H2,1-2H3.